The fourth-order valence-corrected chi connectivity index (χ4v) is 2.52. The Morgan fingerprint density at radius 3 is 2.48 bits per heavy atom. The number of rotatable bonds is 3. The number of carbonyl (C=O) groups excluding carboxylic acids is 1. The van der Waals surface area contributed by atoms with Gasteiger partial charge in [-0.3, -0.25) is 4.79 Å². The Kier molecular flexibility index (Phi) is 4.46. The average molecular weight is 281 g/mol. The van der Waals surface area contributed by atoms with Crippen molar-refractivity contribution in [2.75, 3.05) is 0 Å². The summed E-state index contributed by atoms with van der Waals surface area (Å²) in [5.41, 5.74) is 2.85. The van der Waals surface area contributed by atoms with E-state index in [0.717, 1.165) is 0 Å². The first kappa shape index (κ1) is 15.3. The SMILES string of the molecule is CC1=CC=CC(C(=O)NC(C)C)=C[C@]1(C)c1ccccc1. The molecule has 0 saturated carbocycles. The van der Waals surface area contributed by atoms with Crippen molar-refractivity contribution in [3.8, 4) is 0 Å². The first-order chi connectivity index (χ1) is 9.93. The summed E-state index contributed by atoms with van der Waals surface area (Å²) >= 11 is 0. The Labute approximate surface area is 127 Å². The number of nitrogens with one attached hydrogen (secondary N) is 1. The molecule has 1 atom stereocenters. The molecule has 0 radical (unpaired) electrons. The molecular formula is C19H23NO. The Morgan fingerprint density at radius 2 is 1.86 bits per heavy atom. The highest BCUT2D eigenvalue weighted by molar-refractivity contribution is 5.97. The van der Waals surface area contributed by atoms with Gasteiger partial charge in [-0.2, -0.15) is 0 Å². The largest absolute Gasteiger partial charge is 0.350 e. The molecular weight excluding hydrogens is 258 g/mol. The summed E-state index contributed by atoms with van der Waals surface area (Å²) in [6, 6.07) is 10.4. The van der Waals surface area contributed by atoms with Crippen molar-refractivity contribution in [2.45, 2.75) is 39.2 Å². The highest BCUT2D eigenvalue weighted by Crippen LogP contribution is 2.35. The molecule has 0 aliphatic heterocycles. The topological polar surface area (TPSA) is 29.1 Å². The van der Waals surface area contributed by atoms with Crippen LogP contribution < -0.4 is 5.32 Å². The summed E-state index contributed by atoms with van der Waals surface area (Å²) in [6.07, 6.45) is 7.99. The Morgan fingerprint density at radius 1 is 1.19 bits per heavy atom. The third kappa shape index (κ3) is 3.33. The standard InChI is InChI=1S/C19H23NO/c1-14(2)20-18(21)16-10-8-9-15(3)19(4,13-16)17-11-6-5-7-12-17/h5-14H,1-4H3,(H,20,21)/t19-/m0/s1. The Bertz CT molecular complexity index is 608. The molecule has 0 spiro atoms. The van der Waals surface area contributed by atoms with E-state index in [1.807, 2.05) is 44.2 Å². The van der Waals surface area contributed by atoms with Gasteiger partial charge >= 0.3 is 0 Å². The van der Waals surface area contributed by atoms with E-state index < -0.39 is 0 Å². The van der Waals surface area contributed by atoms with Gasteiger partial charge in [-0.05, 0) is 39.3 Å². The maximum atomic E-state index is 12.3. The molecule has 0 unspecified atom stereocenters. The molecule has 0 heterocycles. The van der Waals surface area contributed by atoms with E-state index >= 15 is 0 Å². The Hall–Kier alpha value is -2.09. The van der Waals surface area contributed by atoms with Crippen LogP contribution in [0.25, 0.3) is 0 Å². The smallest absolute Gasteiger partial charge is 0.251 e. The molecule has 1 aromatic rings. The van der Waals surface area contributed by atoms with E-state index in [1.54, 1.807) is 0 Å². The molecule has 2 rings (SSSR count). The summed E-state index contributed by atoms with van der Waals surface area (Å²) in [4.78, 5) is 12.3. The van der Waals surface area contributed by atoms with Crippen LogP contribution >= 0.6 is 0 Å². The van der Waals surface area contributed by atoms with Gasteiger partial charge in [0.1, 0.15) is 0 Å². The van der Waals surface area contributed by atoms with Gasteiger partial charge < -0.3 is 5.32 Å². The molecule has 0 aromatic heterocycles. The van der Waals surface area contributed by atoms with Crippen LogP contribution in [0.5, 0.6) is 0 Å². The van der Waals surface area contributed by atoms with Crippen molar-refractivity contribution in [1.82, 2.24) is 5.32 Å². The van der Waals surface area contributed by atoms with Crippen LogP contribution in [0.15, 0.2) is 65.8 Å². The van der Waals surface area contributed by atoms with Crippen molar-refractivity contribution in [2.24, 2.45) is 0 Å². The van der Waals surface area contributed by atoms with Crippen molar-refractivity contribution >= 4 is 5.91 Å². The lowest BCUT2D eigenvalue weighted by Gasteiger charge is -2.28. The predicted molar refractivity (Wildman–Crippen MR) is 88.1 cm³/mol. The van der Waals surface area contributed by atoms with Gasteiger partial charge in [-0.15, -0.1) is 0 Å². The minimum Gasteiger partial charge on any atom is -0.350 e. The number of amides is 1. The van der Waals surface area contributed by atoms with Crippen LogP contribution in [0.4, 0.5) is 0 Å². The molecule has 110 valence electrons. The lowest BCUT2D eigenvalue weighted by Crippen LogP contribution is -2.32. The zero-order valence-electron chi connectivity index (χ0n) is 13.2. The molecule has 0 saturated heterocycles. The maximum Gasteiger partial charge on any atom is 0.251 e. The van der Waals surface area contributed by atoms with Crippen LogP contribution in [0.1, 0.15) is 33.3 Å². The molecule has 0 fully saturated rings. The van der Waals surface area contributed by atoms with E-state index in [0.29, 0.717) is 5.57 Å². The molecule has 2 nitrogen and oxygen atoms in total. The molecule has 1 aromatic carbocycles. The van der Waals surface area contributed by atoms with Gasteiger partial charge in [0, 0.05) is 17.0 Å². The van der Waals surface area contributed by atoms with E-state index in [2.05, 4.69) is 43.4 Å². The number of benzene rings is 1. The maximum absolute atomic E-state index is 12.3. The lowest BCUT2D eigenvalue weighted by atomic mass is 9.75. The zero-order chi connectivity index (χ0) is 15.5. The van der Waals surface area contributed by atoms with E-state index in [4.69, 9.17) is 0 Å². The molecule has 1 N–H and O–H groups in total. The summed E-state index contributed by atoms with van der Waals surface area (Å²) in [7, 11) is 0. The van der Waals surface area contributed by atoms with Gasteiger partial charge in [0.2, 0.25) is 0 Å². The number of hydrogen-bond donors (Lipinski definition) is 1. The third-order valence-electron chi connectivity index (χ3n) is 3.94. The molecule has 1 aliphatic rings. The van der Waals surface area contributed by atoms with Crippen molar-refractivity contribution in [3.63, 3.8) is 0 Å². The fraction of sp³-hybridized carbons (Fsp3) is 0.316. The number of carbonyl (C=O) groups is 1. The monoisotopic (exact) mass is 281 g/mol. The van der Waals surface area contributed by atoms with Gasteiger partial charge in [-0.25, -0.2) is 0 Å². The second-order valence-corrected chi connectivity index (χ2v) is 6.01. The van der Waals surface area contributed by atoms with E-state index in [9.17, 15) is 4.79 Å². The fourth-order valence-electron chi connectivity index (χ4n) is 2.52. The second-order valence-electron chi connectivity index (χ2n) is 6.01. The number of allylic oxidation sites excluding steroid dienone is 4. The predicted octanol–water partition coefficient (Wildman–Crippen LogP) is 3.91. The minimum absolute atomic E-state index is 0.0218. The Balaban J connectivity index is 2.46. The first-order valence-electron chi connectivity index (χ1n) is 7.38. The van der Waals surface area contributed by atoms with E-state index in [-0.39, 0.29) is 17.4 Å². The molecule has 1 aliphatic carbocycles. The summed E-state index contributed by atoms with van der Waals surface area (Å²) in [5.74, 6) is -0.0218. The van der Waals surface area contributed by atoms with Gasteiger partial charge in [0.05, 0.1) is 0 Å². The highest BCUT2D eigenvalue weighted by atomic mass is 16.1. The van der Waals surface area contributed by atoms with Crippen LogP contribution in [0, 0.1) is 0 Å². The van der Waals surface area contributed by atoms with Gasteiger partial charge in [-0.1, -0.05) is 54.1 Å². The first-order valence-corrected chi connectivity index (χ1v) is 7.38. The highest BCUT2D eigenvalue weighted by Gasteiger charge is 2.28. The zero-order valence-corrected chi connectivity index (χ0v) is 13.2. The summed E-state index contributed by atoms with van der Waals surface area (Å²) in [6.45, 7) is 8.21. The second kappa shape index (κ2) is 6.13. The minimum atomic E-state index is -0.269. The summed E-state index contributed by atoms with van der Waals surface area (Å²) < 4.78 is 0. The van der Waals surface area contributed by atoms with Crippen molar-refractivity contribution < 1.29 is 4.79 Å². The van der Waals surface area contributed by atoms with Crippen LogP contribution in [-0.4, -0.2) is 11.9 Å². The number of hydrogen-bond acceptors (Lipinski definition) is 1. The molecule has 2 heteroatoms. The normalized spacial score (nSPS) is 21.6. The average Bonchev–Trinajstić information content (AvgIpc) is 2.60. The van der Waals surface area contributed by atoms with Gasteiger partial charge in [0.15, 0.2) is 0 Å². The van der Waals surface area contributed by atoms with Crippen molar-refractivity contribution in [3.05, 3.63) is 71.3 Å². The van der Waals surface area contributed by atoms with Crippen LogP contribution in [-0.2, 0) is 10.2 Å². The molecule has 0 bridgehead atoms. The lowest BCUT2D eigenvalue weighted by molar-refractivity contribution is -0.117. The quantitative estimate of drug-likeness (QED) is 0.894. The third-order valence-corrected chi connectivity index (χ3v) is 3.94. The van der Waals surface area contributed by atoms with Crippen LogP contribution in [0.2, 0.25) is 0 Å². The van der Waals surface area contributed by atoms with Gasteiger partial charge in [0.25, 0.3) is 5.91 Å². The molecule has 21 heavy (non-hydrogen) atoms. The summed E-state index contributed by atoms with van der Waals surface area (Å²) in [5, 5.41) is 2.96. The molecule has 1 amide bonds. The van der Waals surface area contributed by atoms with E-state index in [1.165, 1.54) is 11.1 Å². The van der Waals surface area contributed by atoms with Crippen LogP contribution in [0.3, 0.4) is 0 Å². The van der Waals surface area contributed by atoms with Crippen molar-refractivity contribution in [1.29, 1.82) is 0 Å².